The molecule has 0 amide bonds. The lowest BCUT2D eigenvalue weighted by atomic mass is 10.3. The Kier molecular flexibility index (Phi) is 4.48. The zero-order chi connectivity index (χ0) is 10.4. The molecule has 14 heavy (non-hydrogen) atoms. The molecule has 0 radical (unpaired) electrons. The molecule has 0 fully saturated rings. The first-order valence-electron chi connectivity index (χ1n) is 4.84. The van der Waals surface area contributed by atoms with E-state index in [2.05, 4.69) is 20.4 Å². The van der Waals surface area contributed by atoms with Gasteiger partial charge in [0.1, 0.15) is 0 Å². The van der Waals surface area contributed by atoms with E-state index in [1.807, 2.05) is 18.8 Å². The van der Waals surface area contributed by atoms with Crippen molar-refractivity contribution in [2.45, 2.75) is 19.4 Å². The molecule has 6 heteroatoms. The summed E-state index contributed by atoms with van der Waals surface area (Å²) in [7, 11) is 4.07. The number of hydrogen-bond donors (Lipinski definition) is 1. The molecule has 1 rings (SSSR count). The van der Waals surface area contributed by atoms with Crippen LogP contribution in [0.5, 0.6) is 0 Å². The van der Waals surface area contributed by atoms with Gasteiger partial charge in [0.2, 0.25) is 0 Å². The summed E-state index contributed by atoms with van der Waals surface area (Å²) in [5, 5.41) is 11.5. The maximum Gasteiger partial charge on any atom is 0.152 e. The molecule has 1 aromatic rings. The fraction of sp³-hybridized carbons (Fsp3) is 0.875. The van der Waals surface area contributed by atoms with Crippen LogP contribution in [-0.4, -0.2) is 52.3 Å². The predicted molar refractivity (Wildman–Crippen MR) is 53.7 cm³/mol. The molecule has 0 spiro atoms. The van der Waals surface area contributed by atoms with E-state index in [0.29, 0.717) is 6.54 Å². The first-order chi connectivity index (χ1) is 6.74. The van der Waals surface area contributed by atoms with Gasteiger partial charge in [-0.2, -0.15) is 0 Å². The topological polar surface area (TPSA) is 72.9 Å². The van der Waals surface area contributed by atoms with Crippen molar-refractivity contribution in [1.29, 1.82) is 0 Å². The van der Waals surface area contributed by atoms with E-state index >= 15 is 0 Å². The molecule has 0 aliphatic rings. The third-order valence-corrected chi connectivity index (χ3v) is 1.96. The van der Waals surface area contributed by atoms with Gasteiger partial charge >= 0.3 is 0 Å². The van der Waals surface area contributed by atoms with Gasteiger partial charge < -0.3 is 10.6 Å². The number of nitrogens with zero attached hydrogens (tertiary/aromatic N) is 5. The summed E-state index contributed by atoms with van der Waals surface area (Å²) in [4.78, 5) is 2.11. The highest BCUT2D eigenvalue weighted by Crippen LogP contribution is 1.96. The van der Waals surface area contributed by atoms with Crippen LogP contribution in [0.1, 0.15) is 12.2 Å². The third-order valence-electron chi connectivity index (χ3n) is 1.96. The van der Waals surface area contributed by atoms with Gasteiger partial charge in [-0.25, -0.2) is 4.68 Å². The summed E-state index contributed by atoms with van der Waals surface area (Å²) in [6.45, 7) is 2.45. The molecule has 80 valence electrons. The molecule has 0 saturated heterocycles. The predicted octanol–water partition coefficient (Wildman–Crippen LogP) is -0.874. The SMILES string of the molecule is CN(C)CCc1nnnn1CCCN. The molecule has 6 nitrogen and oxygen atoms in total. The van der Waals surface area contributed by atoms with Crippen LogP contribution in [0.25, 0.3) is 0 Å². The lowest BCUT2D eigenvalue weighted by Crippen LogP contribution is -2.18. The van der Waals surface area contributed by atoms with Crippen LogP contribution in [0.3, 0.4) is 0 Å². The van der Waals surface area contributed by atoms with E-state index in [0.717, 1.165) is 31.8 Å². The molecule has 0 aliphatic carbocycles. The molecule has 0 bridgehead atoms. The maximum atomic E-state index is 5.43. The van der Waals surface area contributed by atoms with E-state index in [1.54, 1.807) is 0 Å². The fourth-order valence-electron chi connectivity index (χ4n) is 1.14. The zero-order valence-corrected chi connectivity index (χ0v) is 8.85. The largest absolute Gasteiger partial charge is 0.330 e. The molecule has 0 atom stereocenters. The average molecular weight is 198 g/mol. The second-order valence-corrected chi connectivity index (χ2v) is 3.51. The van der Waals surface area contributed by atoms with Crippen LogP contribution in [-0.2, 0) is 13.0 Å². The van der Waals surface area contributed by atoms with Crippen LogP contribution < -0.4 is 5.73 Å². The fourth-order valence-corrected chi connectivity index (χ4v) is 1.14. The lowest BCUT2D eigenvalue weighted by Gasteiger charge is -2.08. The summed E-state index contributed by atoms with van der Waals surface area (Å²) in [6.07, 6.45) is 1.80. The molecule has 0 aliphatic heterocycles. The third kappa shape index (κ3) is 3.39. The van der Waals surface area contributed by atoms with Crippen molar-refractivity contribution < 1.29 is 0 Å². The Hall–Kier alpha value is -1.01. The van der Waals surface area contributed by atoms with Crippen molar-refractivity contribution in [1.82, 2.24) is 25.1 Å². The first kappa shape index (κ1) is 11.1. The van der Waals surface area contributed by atoms with E-state index in [1.165, 1.54) is 0 Å². The van der Waals surface area contributed by atoms with Crippen LogP contribution >= 0.6 is 0 Å². The number of likely N-dealkylation sites (N-methyl/N-ethyl adjacent to an activating group) is 1. The molecule has 2 N–H and O–H groups in total. The van der Waals surface area contributed by atoms with Crippen LogP contribution in [0.2, 0.25) is 0 Å². The molecule has 0 saturated carbocycles. The van der Waals surface area contributed by atoms with Crippen molar-refractivity contribution in [3.05, 3.63) is 5.82 Å². The Morgan fingerprint density at radius 2 is 2.21 bits per heavy atom. The summed E-state index contributed by atoms with van der Waals surface area (Å²) >= 11 is 0. The number of aromatic nitrogens is 4. The zero-order valence-electron chi connectivity index (χ0n) is 8.85. The summed E-state index contributed by atoms with van der Waals surface area (Å²) < 4.78 is 1.83. The number of hydrogen-bond acceptors (Lipinski definition) is 5. The first-order valence-corrected chi connectivity index (χ1v) is 4.84. The quantitative estimate of drug-likeness (QED) is 0.643. The van der Waals surface area contributed by atoms with Crippen molar-refractivity contribution in [3.63, 3.8) is 0 Å². The smallest absolute Gasteiger partial charge is 0.152 e. The van der Waals surface area contributed by atoms with Gasteiger partial charge in [0.25, 0.3) is 0 Å². The van der Waals surface area contributed by atoms with E-state index in [-0.39, 0.29) is 0 Å². The molecular weight excluding hydrogens is 180 g/mol. The van der Waals surface area contributed by atoms with Crippen LogP contribution in [0.4, 0.5) is 0 Å². The van der Waals surface area contributed by atoms with Gasteiger partial charge in [0.05, 0.1) is 0 Å². The highest BCUT2D eigenvalue weighted by molar-refractivity contribution is 4.81. The molecular formula is C8H18N6. The summed E-state index contributed by atoms with van der Waals surface area (Å²) in [6, 6.07) is 0. The van der Waals surface area contributed by atoms with Gasteiger partial charge in [-0.05, 0) is 37.5 Å². The Morgan fingerprint density at radius 3 is 2.86 bits per heavy atom. The Bertz CT molecular complexity index is 256. The second kappa shape index (κ2) is 5.66. The summed E-state index contributed by atoms with van der Waals surface area (Å²) in [5.41, 5.74) is 5.43. The normalized spacial score (nSPS) is 11.1. The number of tetrazole rings is 1. The van der Waals surface area contributed by atoms with Gasteiger partial charge in [-0.15, -0.1) is 5.10 Å². The van der Waals surface area contributed by atoms with Crippen LogP contribution in [0, 0.1) is 0 Å². The molecule has 0 unspecified atom stereocenters. The maximum absolute atomic E-state index is 5.43. The Labute approximate surface area is 84.1 Å². The minimum Gasteiger partial charge on any atom is -0.330 e. The van der Waals surface area contributed by atoms with Crippen molar-refractivity contribution in [3.8, 4) is 0 Å². The minimum absolute atomic E-state index is 0.674. The lowest BCUT2D eigenvalue weighted by molar-refractivity contribution is 0.402. The molecule has 1 aromatic heterocycles. The highest BCUT2D eigenvalue weighted by atomic mass is 15.5. The van der Waals surface area contributed by atoms with Gasteiger partial charge in [0, 0.05) is 19.5 Å². The standard InChI is InChI=1S/C8H18N6/c1-13(2)7-4-8-10-11-12-14(8)6-3-5-9/h3-7,9H2,1-2H3. The second-order valence-electron chi connectivity index (χ2n) is 3.51. The highest BCUT2D eigenvalue weighted by Gasteiger charge is 2.05. The minimum atomic E-state index is 0.674. The Balaban J connectivity index is 2.45. The molecule has 1 heterocycles. The van der Waals surface area contributed by atoms with Gasteiger partial charge in [0.15, 0.2) is 5.82 Å². The number of aryl methyl sites for hydroxylation is 1. The summed E-state index contributed by atoms with van der Waals surface area (Å²) in [5.74, 6) is 0.937. The Morgan fingerprint density at radius 1 is 1.43 bits per heavy atom. The monoisotopic (exact) mass is 198 g/mol. The average Bonchev–Trinajstić information content (AvgIpc) is 2.58. The number of nitrogens with two attached hydrogens (primary N) is 1. The van der Waals surface area contributed by atoms with Gasteiger partial charge in [-0.1, -0.05) is 0 Å². The van der Waals surface area contributed by atoms with Crippen molar-refractivity contribution in [2.75, 3.05) is 27.2 Å². The molecule has 0 aromatic carbocycles. The van der Waals surface area contributed by atoms with E-state index in [4.69, 9.17) is 5.73 Å². The number of rotatable bonds is 6. The van der Waals surface area contributed by atoms with E-state index in [9.17, 15) is 0 Å². The van der Waals surface area contributed by atoms with Crippen molar-refractivity contribution >= 4 is 0 Å². The van der Waals surface area contributed by atoms with Gasteiger partial charge in [-0.3, -0.25) is 0 Å². The van der Waals surface area contributed by atoms with Crippen LogP contribution in [0.15, 0.2) is 0 Å². The van der Waals surface area contributed by atoms with Crippen molar-refractivity contribution in [2.24, 2.45) is 5.73 Å². The van der Waals surface area contributed by atoms with E-state index < -0.39 is 0 Å².